The lowest BCUT2D eigenvalue weighted by molar-refractivity contribution is 0.558. The van der Waals surface area contributed by atoms with Gasteiger partial charge in [-0.05, 0) is 11.1 Å². The lowest BCUT2D eigenvalue weighted by atomic mass is 9.93. The predicted molar refractivity (Wildman–Crippen MR) is 112 cm³/mol. The molecule has 0 aliphatic rings. The Morgan fingerprint density at radius 1 is 1.07 bits per heavy atom. The van der Waals surface area contributed by atoms with Gasteiger partial charge in [0.2, 0.25) is 0 Å². The fourth-order valence-corrected chi connectivity index (χ4v) is 4.29. The van der Waals surface area contributed by atoms with Crippen molar-refractivity contribution in [2.75, 3.05) is 0 Å². The Labute approximate surface area is 163 Å². The lowest BCUT2D eigenvalue weighted by Gasteiger charge is -2.18. The molecule has 0 fully saturated rings. The number of thiazole rings is 1. The van der Waals surface area contributed by atoms with E-state index >= 15 is 0 Å². The molecular formula is C22H24N4S. The van der Waals surface area contributed by atoms with Gasteiger partial charge in [-0.3, -0.25) is 5.10 Å². The average Bonchev–Trinajstić information content (AvgIpc) is 3.32. The van der Waals surface area contributed by atoms with Gasteiger partial charge in [-0.15, -0.1) is 11.3 Å². The SMILES string of the molecule is CC(C)(C)c1csc([C@H](NCc2cccc3cn[nH]c23)c2ccccc2)n1. The Morgan fingerprint density at radius 2 is 1.89 bits per heavy atom. The maximum absolute atomic E-state index is 4.96. The minimum Gasteiger partial charge on any atom is -0.300 e. The number of para-hydroxylation sites is 1. The molecular weight excluding hydrogens is 352 g/mol. The lowest BCUT2D eigenvalue weighted by Crippen LogP contribution is -2.22. The molecule has 4 aromatic rings. The molecule has 0 bridgehead atoms. The fourth-order valence-electron chi connectivity index (χ4n) is 3.15. The van der Waals surface area contributed by atoms with E-state index in [2.05, 4.69) is 84.1 Å². The molecule has 2 N–H and O–H groups in total. The summed E-state index contributed by atoms with van der Waals surface area (Å²) in [5.41, 5.74) is 4.71. The van der Waals surface area contributed by atoms with E-state index in [1.807, 2.05) is 12.3 Å². The number of rotatable bonds is 5. The molecule has 2 aromatic carbocycles. The minimum absolute atomic E-state index is 0.0531. The van der Waals surface area contributed by atoms with Crippen molar-refractivity contribution in [1.29, 1.82) is 0 Å². The van der Waals surface area contributed by atoms with E-state index in [-0.39, 0.29) is 11.5 Å². The summed E-state index contributed by atoms with van der Waals surface area (Å²) < 4.78 is 0. The summed E-state index contributed by atoms with van der Waals surface area (Å²) in [5, 5.41) is 15.4. The Hall–Kier alpha value is -2.50. The third-order valence-electron chi connectivity index (χ3n) is 4.73. The van der Waals surface area contributed by atoms with Gasteiger partial charge in [-0.1, -0.05) is 69.3 Å². The highest BCUT2D eigenvalue weighted by atomic mass is 32.1. The molecule has 27 heavy (non-hydrogen) atoms. The number of hydrogen-bond acceptors (Lipinski definition) is 4. The zero-order chi connectivity index (χ0) is 18.9. The second-order valence-corrected chi connectivity index (χ2v) is 8.69. The summed E-state index contributed by atoms with van der Waals surface area (Å²) in [4.78, 5) is 4.96. The van der Waals surface area contributed by atoms with Gasteiger partial charge in [0.15, 0.2) is 0 Å². The van der Waals surface area contributed by atoms with Gasteiger partial charge >= 0.3 is 0 Å². The van der Waals surface area contributed by atoms with Crippen molar-refractivity contribution in [3.05, 3.63) is 81.9 Å². The Balaban J connectivity index is 1.65. The van der Waals surface area contributed by atoms with Crippen LogP contribution in [0.4, 0.5) is 0 Å². The molecule has 0 saturated heterocycles. The van der Waals surface area contributed by atoms with Crippen LogP contribution in [-0.2, 0) is 12.0 Å². The zero-order valence-electron chi connectivity index (χ0n) is 15.9. The van der Waals surface area contributed by atoms with Crippen molar-refractivity contribution in [2.45, 2.75) is 38.8 Å². The molecule has 0 saturated carbocycles. The van der Waals surface area contributed by atoms with Crippen LogP contribution in [0.1, 0.15) is 48.6 Å². The van der Waals surface area contributed by atoms with Gasteiger partial charge < -0.3 is 5.32 Å². The molecule has 0 spiro atoms. The van der Waals surface area contributed by atoms with Crippen molar-refractivity contribution >= 4 is 22.2 Å². The monoisotopic (exact) mass is 376 g/mol. The summed E-state index contributed by atoms with van der Waals surface area (Å²) in [6.07, 6.45) is 1.87. The third-order valence-corrected chi connectivity index (χ3v) is 5.64. The van der Waals surface area contributed by atoms with Crippen LogP contribution in [0.2, 0.25) is 0 Å². The Bertz CT molecular complexity index is 1030. The average molecular weight is 377 g/mol. The smallest absolute Gasteiger partial charge is 0.114 e. The topological polar surface area (TPSA) is 53.6 Å². The Morgan fingerprint density at radius 3 is 2.63 bits per heavy atom. The fraction of sp³-hybridized carbons (Fsp3) is 0.273. The summed E-state index contributed by atoms with van der Waals surface area (Å²) in [6.45, 7) is 7.35. The van der Waals surface area contributed by atoms with Crippen molar-refractivity contribution in [2.24, 2.45) is 0 Å². The van der Waals surface area contributed by atoms with E-state index in [1.165, 1.54) is 11.1 Å². The number of hydrogen-bond donors (Lipinski definition) is 2. The van der Waals surface area contributed by atoms with Crippen molar-refractivity contribution in [3.63, 3.8) is 0 Å². The number of fused-ring (bicyclic) bond motifs is 1. The molecule has 5 heteroatoms. The third kappa shape index (κ3) is 3.80. The molecule has 2 aromatic heterocycles. The van der Waals surface area contributed by atoms with Gasteiger partial charge in [0, 0.05) is 22.7 Å². The van der Waals surface area contributed by atoms with E-state index in [0.29, 0.717) is 0 Å². The van der Waals surface area contributed by atoms with Crippen LogP contribution in [0, 0.1) is 0 Å². The van der Waals surface area contributed by atoms with E-state index in [0.717, 1.165) is 28.1 Å². The first kappa shape index (κ1) is 17.9. The highest BCUT2D eigenvalue weighted by molar-refractivity contribution is 7.09. The van der Waals surface area contributed by atoms with Gasteiger partial charge in [-0.2, -0.15) is 5.10 Å². The van der Waals surface area contributed by atoms with Crippen LogP contribution < -0.4 is 5.32 Å². The molecule has 0 amide bonds. The largest absolute Gasteiger partial charge is 0.300 e. The number of benzene rings is 2. The van der Waals surface area contributed by atoms with Crippen molar-refractivity contribution in [1.82, 2.24) is 20.5 Å². The molecule has 0 aliphatic heterocycles. The van der Waals surface area contributed by atoms with Crippen LogP contribution in [-0.4, -0.2) is 15.2 Å². The van der Waals surface area contributed by atoms with Gasteiger partial charge in [0.25, 0.3) is 0 Å². The van der Waals surface area contributed by atoms with E-state index in [4.69, 9.17) is 4.98 Å². The predicted octanol–water partition coefficient (Wildman–Crippen LogP) is 5.20. The highest BCUT2D eigenvalue weighted by Crippen LogP contribution is 2.30. The molecule has 1 atom stereocenters. The second-order valence-electron chi connectivity index (χ2n) is 7.80. The van der Waals surface area contributed by atoms with Crippen molar-refractivity contribution < 1.29 is 0 Å². The normalized spacial score (nSPS) is 13.1. The quantitative estimate of drug-likeness (QED) is 0.503. The number of H-pyrrole nitrogens is 1. The Kier molecular flexibility index (Phi) is 4.81. The van der Waals surface area contributed by atoms with Gasteiger partial charge in [0.05, 0.1) is 23.4 Å². The molecule has 0 aliphatic carbocycles. The van der Waals surface area contributed by atoms with Crippen LogP contribution in [0.3, 0.4) is 0 Å². The molecule has 0 unspecified atom stereocenters. The summed E-state index contributed by atoms with van der Waals surface area (Å²) >= 11 is 1.73. The molecule has 2 heterocycles. The standard InChI is InChI=1S/C22H24N4S/c1-22(2,3)18-14-27-21(25-18)20(15-8-5-4-6-9-15)23-12-16-10-7-11-17-13-24-26-19(16)17/h4-11,13-14,20,23H,12H2,1-3H3,(H,24,26)/t20-/m1/s1. The number of aromatic nitrogens is 3. The van der Waals surface area contributed by atoms with E-state index in [9.17, 15) is 0 Å². The second kappa shape index (κ2) is 7.25. The first-order chi connectivity index (χ1) is 13.0. The number of aromatic amines is 1. The maximum Gasteiger partial charge on any atom is 0.114 e. The van der Waals surface area contributed by atoms with Crippen LogP contribution in [0.5, 0.6) is 0 Å². The molecule has 4 nitrogen and oxygen atoms in total. The molecule has 4 rings (SSSR count). The summed E-state index contributed by atoms with van der Waals surface area (Å²) in [5.74, 6) is 0. The summed E-state index contributed by atoms with van der Waals surface area (Å²) in [7, 11) is 0. The van der Waals surface area contributed by atoms with Gasteiger partial charge in [0.1, 0.15) is 5.01 Å². The number of nitrogens with zero attached hydrogens (tertiary/aromatic N) is 2. The van der Waals surface area contributed by atoms with E-state index in [1.54, 1.807) is 11.3 Å². The minimum atomic E-state index is 0.0531. The molecule has 0 radical (unpaired) electrons. The zero-order valence-corrected chi connectivity index (χ0v) is 16.7. The first-order valence-corrected chi connectivity index (χ1v) is 10.1. The van der Waals surface area contributed by atoms with Crippen molar-refractivity contribution in [3.8, 4) is 0 Å². The van der Waals surface area contributed by atoms with Crippen LogP contribution >= 0.6 is 11.3 Å². The van der Waals surface area contributed by atoms with E-state index < -0.39 is 0 Å². The maximum atomic E-state index is 4.96. The highest BCUT2D eigenvalue weighted by Gasteiger charge is 2.22. The molecule has 138 valence electrons. The summed E-state index contributed by atoms with van der Waals surface area (Å²) in [6, 6.07) is 16.9. The van der Waals surface area contributed by atoms with Gasteiger partial charge in [-0.25, -0.2) is 4.98 Å². The van der Waals surface area contributed by atoms with Crippen LogP contribution in [0.15, 0.2) is 60.1 Å². The number of nitrogens with one attached hydrogen (secondary N) is 2. The van der Waals surface area contributed by atoms with Crippen LogP contribution in [0.25, 0.3) is 10.9 Å². The first-order valence-electron chi connectivity index (χ1n) is 9.17.